The Hall–Kier alpha value is -6.61. The Kier molecular flexibility index (Phi) is 14.4. The van der Waals surface area contributed by atoms with Gasteiger partial charge in [0.05, 0.1) is 52.9 Å². The number of nitrogens with zero attached hydrogens (tertiary/aromatic N) is 8. The van der Waals surface area contributed by atoms with Gasteiger partial charge in [0.1, 0.15) is 40.5 Å². The molecule has 1 aliphatic rings. The van der Waals surface area contributed by atoms with Crippen LogP contribution in [0, 0.1) is 13.8 Å². The monoisotopic (exact) mass is 972 g/mol. The van der Waals surface area contributed by atoms with Crippen molar-refractivity contribution in [1.29, 1.82) is 0 Å². The van der Waals surface area contributed by atoms with Crippen molar-refractivity contribution in [2.24, 2.45) is 11.5 Å². The van der Waals surface area contributed by atoms with Crippen LogP contribution in [0.1, 0.15) is 134 Å². The summed E-state index contributed by atoms with van der Waals surface area (Å²) in [6.45, 7) is 19.1. The molecule has 0 aliphatic carbocycles. The van der Waals surface area contributed by atoms with Crippen LogP contribution in [0.3, 0.4) is 0 Å². The summed E-state index contributed by atoms with van der Waals surface area (Å²) in [5.41, 5.74) is 13.9. The minimum Gasteiger partial charge on any atom is -0.491 e. The number of nitrogens with one attached hydrogen (secondary N) is 2. The van der Waals surface area contributed by atoms with Crippen molar-refractivity contribution < 1.29 is 46.8 Å². The van der Waals surface area contributed by atoms with E-state index in [0.29, 0.717) is 76.5 Å². The fourth-order valence-electron chi connectivity index (χ4n) is 8.07. The lowest BCUT2D eigenvalue weighted by Crippen LogP contribution is -2.26. The number of phosphoric ester groups is 1. The molecule has 69 heavy (non-hydrogen) atoms. The summed E-state index contributed by atoms with van der Waals surface area (Å²) in [7, 11) is -4.00. The van der Waals surface area contributed by atoms with Gasteiger partial charge in [-0.05, 0) is 118 Å². The molecule has 23 heteroatoms. The van der Waals surface area contributed by atoms with Gasteiger partial charge in [-0.3, -0.25) is 52.7 Å². The summed E-state index contributed by atoms with van der Waals surface area (Å²) < 4.78 is 50.4. The molecular formula is C46H61N12O10P. The van der Waals surface area contributed by atoms with Crippen LogP contribution >= 0.6 is 7.82 Å². The van der Waals surface area contributed by atoms with E-state index >= 15 is 0 Å². The number of hydrogen-bond donors (Lipinski definition) is 4. The Bertz CT molecular complexity index is 2970. The van der Waals surface area contributed by atoms with Gasteiger partial charge in [0.15, 0.2) is 0 Å². The van der Waals surface area contributed by atoms with Gasteiger partial charge in [0.2, 0.25) is 23.7 Å². The van der Waals surface area contributed by atoms with Crippen molar-refractivity contribution in [3.63, 3.8) is 0 Å². The third-order valence-corrected chi connectivity index (χ3v) is 12.8. The lowest BCUT2D eigenvalue weighted by Gasteiger charge is -2.30. The van der Waals surface area contributed by atoms with E-state index in [1.54, 1.807) is 93.6 Å². The number of ether oxygens (including phenoxy) is 2. The summed E-state index contributed by atoms with van der Waals surface area (Å²) in [5.74, 6) is -1.24. The zero-order valence-electron chi connectivity index (χ0n) is 40.7. The first kappa shape index (κ1) is 50.3. The third kappa shape index (κ3) is 11.5. The van der Waals surface area contributed by atoms with Crippen LogP contribution < -0.4 is 31.6 Å². The minimum absolute atomic E-state index is 0.0320. The normalized spacial score (nSPS) is 14.0. The molecule has 0 saturated heterocycles. The van der Waals surface area contributed by atoms with Gasteiger partial charge in [-0.15, -0.1) is 0 Å². The number of nitrogens with two attached hydrogens (primary N) is 2. The Balaban J connectivity index is 1.21. The van der Waals surface area contributed by atoms with Gasteiger partial charge < -0.3 is 30.1 Å². The zero-order valence-corrected chi connectivity index (χ0v) is 41.6. The molecule has 0 fully saturated rings. The molecule has 4 amide bonds. The molecule has 370 valence electrons. The maximum atomic E-state index is 14.0. The molecule has 5 heterocycles. The summed E-state index contributed by atoms with van der Waals surface area (Å²) in [5, 5.41) is 14.8. The summed E-state index contributed by atoms with van der Waals surface area (Å²) in [4.78, 5) is 62.3. The number of fused-ring (bicyclic) bond motifs is 1. The van der Waals surface area contributed by atoms with Gasteiger partial charge in [0.25, 0.3) is 11.8 Å². The number of amides is 4. The van der Waals surface area contributed by atoms with Crippen LogP contribution in [0.25, 0.3) is 22.1 Å². The van der Waals surface area contributed by atoms with Crippen molar-refractivity contribution in [2.45, 2.75) is 125 Å². The van der Waals surface area contributed by atoms with Gasteiger partial charge >= 0.3 is 7.82 Å². The van der Waals surface area contributed by atoms with E-state index in [0.717, 1.165) is 0 Å². The second kappa shape index (κ2) is 19.8. The lowest BCUT2D eigenvalue weighted by molar-refractivity contribution is 0.00231. The number of hydrogen-bond acceptors (Lipinski definition) is 14. The van der Waals surface area contributed by atoms with Crippen molar-refractivity contribution >= 4 is 65.4 Å². The van der Waals surface area contributed by atoms with E-state index in [1.807, 2.05) is 18.4 Å². The molecule has 7 rings (SSSR count). The molecule has 1 atom stereocenters. The first-order valence-electron chi connectivity index (χ1n) is 22.8. The Morgan fingerprint density at radius 1 is 0.754 bits per heavy atom. The average Bonchev–Trinajstić information content (AvgIpc) is 4.02. The first-order chi connectivity index (χ1) is 32.5. The molecule has 0 unspecified atom stereocenters. The van der Waals surface area contributed by atoms with E-state index in [1.165, 1.54) is 12.1 Å². The third-order valence-electron chi connectivity index (χ3n) is 10.7. The molecule has 6 N–H and O–H groups in total. The SMILES string of the molecule is CCn1nc(C)cc1C(=O)Nc1nc2cc(C(N)=O)cc(OCCCOP(=O)(OC(C)(C)C)OC(C)(C)C)c2n1CCC[C@H]1COc2cc(C(N)=O)cc3nc(NC(=O)c4cc(C)nn4CC)n1c23. The maximum Gasteiger partial charge on any atom is 0.475 e. The number of phosphoric acid groups is 1. The highest BCUT2D eigenvalue weighted by Crippen LogP contribution is 2.55. The molecular weight excluding hydrogens is 912 g/mol. The van der Waals surface area contributed by atoms with E-state index in [-0.39, 0.29) is 67.6 Å². The van der Waals surface area contributed by atoms with Gasteiger partial charge in [-0.1, -0.05) is 0 Å². The number of imidazole rings is 2. The quantitative estimate of drug-likeness (QED) is 0.0440. The second-order valence-corrected chi connectivity index (χ2v) is 20.2. The van der Waals surface area contributed by atoms with E-state index in [4.69, 9.17) is 44.5 Å². The van der Waals surface area contributed by atoms with Crippen LogP contribution in [-0.2, 0) is 37.8 Å². The molecule has 0 spiro atoms. The number of benzene rings is 2. The van der Waals surface area contributed by atoms with Crippen LogP contribution in [0.15, 0.2) is 36.4 Å². The molecule has 0 saturated carbocycles. The summed E-state index contributed by atoms with van der Waals surface area (Å²) >= 11 is 0. The number of aromatic nitrogens is 8. The van der Waals surface area contributed by atoms with E-state index < -0.39 is 42.7 Å². The maximum absolute atomic E-state index is 14.0. The van der Waals surface area contributed by atoms with Crippen LogP contribution in [0.2, 0.25) is 0 Å². The van der Waals surface area contributed by atoms with Crippen LogP contribution in [-0.4, -0.2) is 93.3 Å². The lowest BCUT2D eigenvalue weighted by atomic mass is 10.1. The molecule has 0 bridgehead atoms. The number of carbonyl (C=O) groups excluding carboxylic acids is 4. The highest BCUT2D eigenvalue weighted by molar-refractivity contribution is 7.48. The number of aryl methyl sites for hydroxylation is 5. The Labute approximate surface area is 398 Å². The highest BCUT2D eigenvalue weighted by atomic mass is 31.2. The topological polar surface area (TPSA) is 279 Å². The van der Waals surface area contributed by atoms with E-state index in [2.05, 4.69) is 20.8 Å². The zero-order chi connectivity index (χ0) is 50.2. The van der Waals surface area contributed by atoms with Gasteiger partial charge in [-0.2, -0.15) is 10.2 Å². The summed E-state index contributed by atoms with van der Waals surface area (Å²) in [6.07, 6.45) is 1.13. The number of primary amides is 2. The summed E-state index contributed by atoms with van der Waals surface area (Å²) in [6, 6.07) is 9.14. The Morgan fingerprint density at radius 2 is 1.29 bits per heavy atom. The smallest absolute Gasteiger partial charge is 0.475 e. The van der Waals surface area contributed by atoms with Crippen molar-refractivity contribution in [3.8, 4) is 11.5 Å². The predicted molar refractivity (Wildman–Crippen MR) is 257 cm³/mol. The van der Waals surface area contributed by atoms with Crippen molar-refractivity contribution in [3.05, 3.63) is 70.3 Å². The molecule has 4 aromatic heterocycles. The predicted octanol–water partition coefficient (Wildman–Crippen LogP) is 7.08. The Morgan fingerprint density at radius 3 is 1.84 bits per heavy atom. The molecule has 2 aromatic carbocycles. The molecule has 22 nitrogen and oxygen atoms in total. The minimum atomic E-state index is -4.00. The first-order valence-corrected chi connectivity index (χ1v) is 24.3. The van der Waals surface area contributed by atoms with E-state index in [9.17, 15) is 23.7 Å². The molecule has 0 radical (unpaired) electrons. The standard InChI is InChI=1S/C46H61N12O10P/c1-11-56-33(19-26(3)53-56)41(61)51-43-49-31-21-28(39(47)59)23-35(64-17-14-18-66-69(63,67-45(5,6)7)68-46(8,9)10)37(31)55(43)16-13-15-30-25-65-36-24-29(40(48)60)22-32-38(36)58(30)44(50-32)52-42(62)34-20-27(4)54-57(34)12-2/h19-24,30H,11-18,25H2,1-10H3,(H2,47,59)(H2,48,60)(H,49,51,61)(H,50,52,62)/t30-/m0/s1. The molecule has 6 aromatic rings. The van der Waals surface area contributed by atoms with Gasteiger partial charge in [0, 0.05) is 37.2 Å². The average molecular weight is 973 g/mol. The van der Waals surface area contributed by atoms with Crippen LogP contribution in [0.5, 0.6) is 11.5 Å². The van der Waals surface area contributed by atoms with Crippen molar-refractivity contribution in [1.82, 2.24) is 38.7 Å². The van der Waals surface area contributed by atoms with Crippen molar-refractivity contribution in [2.75, 3.05) is 30.5 Å². The number of anilines is 2. The molecule has 1 aliphatic heterocycles. The van der Waals surface area contributed by atoms with Crippen LogP contribution in [0.4, 0.5) is 11.9 Å². The second-order valence-electron chi connectivity index (χ2n) is 18.7. The van der Waals surface area contributed by atoms with Gasteiger partial charge in [-0.25, -0.2) is 14.5 Å². The number of carbonyl (C=O) groups is 4. The largest absolute Gasteiger partial charge is 0.491 e. The fourth-order valence-corrected chi connectivity index (χ4v) is 9.91. The number of rotatable bonds is 20. The highest BCUT2D eigenvalue weighted by Gasteiger charge is 2.37. The fraction of sp³-hybridized carbons (Fsp3) is 0.478.